The number of H-pyrrole nitrogens is 1. The third kappa shape index (κ3) is 3.68. The van der Waals surface area contributed by atoms with Crippen LogP contribution in [0, 0.1) is 9.49 Å². The maximum atomic E-state index is 12.0. The molecular weight excluding hydrogens is 507 g/mol. The Morgan fingerprint density at radius 1 is 1.47 bits per heavy atom. The lowest BCUT2D eigenvalue weighted by molar-refractivity contribution is 0.631. The fourth-order valence-electron chi connectivity index (χ4n) is 1.61. The third-order valence-corrected chi connectivity index (χ3v) is 6.79. The van der Waals surface area contributed by atoms with E-state index >= 15 is 0 Å². The molecule has 2 aromatic rings. The smallest absolute Gasteiger partial charge is 0.264 e. The largest absolute Gasteiger partial charge is 0.305 e. The number of thiophene rings is 1. The Morgan fingerprint density at radius 2 is 2.16 bits per heavy atom. The normalized spacial score (nSPS) is 11.3. The van der Waals surface area contributed by atoms with Crippen LogP contribution >= 0.6 is 65.8 Å². The number of hydrogen-bond donors (Lipinski definition) is 1. The first kappa shape index (κ1) is 15.7. The molecule has 1 N–H and O–H groups in total. The first-order valence-electron chi connectivity index (χ1n) is 5.62. The molecule has 102 valence electrons. The fraction of sp³-hybridized carbons (Fsp3) is 0.333. The van der Waals surface area contributed by atoms with Crippen molar-refractivity contribution >= 4 is 65.8 Å². The van der Waals surface area contributed by atoms with Crippen LogP contribution in [-0.2, 0) is 6.42 Å². The first-order valence-corrected chi connectivity index (χ1v) is 9.10. The summed E-state index contributed by atoms with van der Waals surface area (Å²) in [5.41, 5.74) is 0.803. The van der Waals surface area contributed by atoms with Gasteiger partial charge < -0.3 is 4.98 Å². The van der Waals surface area contributed by atoms with Crippen LogP contribution in [0.15, 0.2) is 19.1 Å². The second kappa shape index (κ2) is 6.36. The number of aromatic nitrogens is 2. The highest BCUT2D eigenvalue weighted by atomic mass is 127. The van der Waals surface area contributed by atoms with Crippen molar-refractivity contribution in [3.63, 3.8) is 0 Å². The van der Waals surface area contributed by atoms with E-state index in [4.69, 9.17) is 0 Å². The second-order valence-corrected chi connectivity index (χ2v) is 8.81. The minimum Gasteiger partial charge on any atom is -0.305 e. The minimum absolute atomic E-state index is 0.0677. The van der Waals surface area contributed by atoms with Gasteiger partial charge in [-0.05, 0) is 72.9 Å². The third-order valence-electron chi connectivity index (χ3n) is 2.41. The Balaban J connectivity index is 2.53. The van der Waals surface area contributed by atoms with Crippen LogP contribution < -0.4 is 5.56 Å². The lowest BCUT2D eigenvalue weighted by Crippen LogP contribution is -2.17. The molecule has 2 aromatic heterocycles. The highest BCUT2D eigenvalue weighted by molar-refractivity contribution is 14.1. The maximum absolute atomic E-state index is 12.0. The van der Waals surface area contributed by atoms with Crippen molar-refractivity contribution in [3.05, 3.63) is 33.9 Å². The van der Waals surface area contributed by atoms with E-state index in [0.29, 0.717) is 15.3 Å². The SMILES string of the molecule is CC(C)Cc1nc(-c2cc(Br)c(Br)s2)[nH]c(=O)c1I. The molecule has 0 radical (unpaired) electrons. The van der Waals surface area contributed by atoms with Crippen LogP contribution in [0.4, 0.5) is 0 Å². The molecular formula is C12H11Br2IN2OS. The van der Waals surface area contributed by atoms with Crippen LogP contribution in [0.3, 0.4) is 0 Å². The standard InChI is InChI=1S/C12H11Br2IN2OS/c1-5(2)3-7-9(15)12(18)17-11(16-7)8-4-6(13)10(14)19-8/h4-5H,3H2,1-2H3,(H,16,17,18). The number of hydrogen-bond acceptors (Lipinski definition) is 3. The maximum Gasteiger partial charge on any atom is 0.264 e. The number of nitrogens with zero attached hydrogens (tertiary/aromatic N) is 1. The van der Waals surface area contributed by atoms with Crippen molar-refractivity contribution in [1.82, 2.24) is 9.97 Å². The summed E-state index contributed by atoms with van der Waals surface area (Å²) in [6.45, 7) is 4.24. The van der Waals surface area contributed by atoms with Gasteiger partial charge in [0.1, 0.15) is 0 Å². The molecule has 0 aliphatic rings. The molecule has 0 aromatic carbocycles. The molecule has 0 saturated carbocycles. The quantitative estimate of drug-likeness (QED) is 0.593. The van der Waals surface area contributed by atoms with Gasteiger partial charge in [0.05, 0.1) is 17.9 Å². The van der Waals surface area contributed by atoms with Crippen molar-refractivity contribution in [3.8, 4) is 10.7 Å². The molecule has 2 heterocycles. The lowest BCUT2D eigenvalue weighted by atomic mass is 10.1. The zero-order valence-electron chi connectivity index (χ0n) is 10.3. The number of halogens is 3. The highest BCUT2D eigenvalue weighted by Crippen LogP contribution is 2.36. The van der Waals surface area contributed by atoms with Gasteiger partial charge in [0.25, 0.3) is 5.56 Å². The second-order valence-electron chi connectivity index (χ2n) is 4.51. The summed E-state index contributed by atoms with van der Waals surface area (Å²) in [4.78, 5) is 20.4. The van der Waals surface area contributed by atoms with Crippen molar-refractivity contribution in [2.75, 3.05) is 0 Å². The molecule has 0 aliphatic heterocycles. The summed E-state index contributed by atoms with van der Waals surface area (Å²) in [6.07, 6.45) is 0.808. The molecule has 0 amide bonds. The van der Waals surface area contributed by atoms with Gasteiger partial charge in [-0.2, -0.15) is 0 Å². The van der Waals surface area contributed by atoms with E-state index in [1.165, 1.54) is 0 Å². The molecule has 3 nitrogen and oxygen atoms in total. The van der Waals surface area contributed by atoms with Crippen LogP contribution in [0.5, 0.6) is 0 Å². The summed E-state index contributed by atoms with van der Waals surface area (Å²) < 4.78 is 2.65. The van der Waals surface area contributed by atoms with Crippen LogP contribution in [-0.4, -0.2) is 9.97 Å². The molecule has 7 heteroatoms. The molecule has 0 saturated heterocycles. The van der Waals surface area contributed by atoms with Crippen molar-refractivity contribution in [2.45, 2.75) is 20.3 Å². The molecule has 0 fully saturated rings. The van der Waals surface area contributed by atoms with Gasteiger partial charge in [-0.25, -0.2) is 4.98 Å². The van der Waals surface area contributed by atoms with Gasteiger partial charge in [-0.1, -0.05) is 13.8 Å². The van der Waals surface area contributed by atoms with E-state index in [9.17, 15) is 4.79 Å². The Bertz CT molecular complexity index is 647. The van der Waals surface area contributed by atoms with Crippen LogP contribution in [0.1, 0.15) is 19.5 Å². The molecule has 19 heavy (non-hydrogen) atoms. The number of aromatic amines is 1. The van der Waals surface area contributed by atoms with E-state index in [-0.39, 0.29) is 5.56 Å². The monoisotopic (exact) mass is 516 g/mol. The van der Waals surface area contributed by atoms with Crippen LogP contribution in [0.25, 0.3) is 10.7 Å². The molecule has 0 spiro atoms. The molecule has 0 unspecified atom stereocenters. The molecule has 0 atom stereocenters. The summed E-state index contributed by atoms with van der Waals surface area (Å²) in [7, 11) is 0. The Kier molecular flexibility index (Phi) is 5.24. The van der Waals surface area contributed by atoms with Gasteiger partial charge in [0.2, 0.25) is 0 Å². The summed E-state index contributed by atoms with van der Waals surface area (Å²) in [6, 6.07) is 1.96. The fourth-order valence-corrected chi connectivity index (χ4v) is 4.06. The topological polar surface area (TPSA) is 45.8 Å². The Hall–Kier alpha value is 0.270. The van der Waals surface area contributed by atoms with Gasteiger partial charge in [-0.3, -0.25) is 4.79 Å². The van der Waals surface area contributed by atoms with E-state index in [1.807, 2.05) is 6.07 Å². The minimum atomic E-state index is -0.0677. The van der Waals surface area contributed by atoms with Crippen molar-refractivity contribution in [2.24, 2.45) is 5.92 Å². The van der Waals surface area contributed by atoms with Gasteiger partial charge in [0.15, 0.2) is 5.82 Å². The first-order chi connectivity index (χ1) is 8.88. The highest BCUT2D eigenvalue weighted by Gasteiger charge is 2.14. The molecule has 0 bridgehead atoms. The average Bonchev–Trinajstić information content (AvgIpc) is 2.65. The number of nitrogens with one attached hydrogen (secondary N) is 1. The summed E-state index contributed by atoms with van der Waals surface area (Å²) >= 11 is 10.5. The van der Waals surface area contributed by atoms with Gasteiger partial charge in [0, 0.05) is 4.47 Å². The summed E-state index contributed by atoms with van der Waals surface area (Å²) in [5.74, 6) is 1.11. The summed E-state index contributed by atoms with van der Waals surface area (Å²) in [5, 5.41) is 0. The number of rotatable bonds is 3. The van der Waals surface area contributed by atoms with Gasteiger partial charge >= 0.3 is 0 Å². The lowest BCUT2D eigenvalue weighted by Gasteiger charge is -2.07. The Morgan fingerprint density at radius 3 is 2.68 bits per heavy atom. The zero-order chi connectivity index (χ0) is 14.2. The molecule has 2 rings (SSSR count). The zero-order valence-corrected chi connectivity index (χ0v) is 16.4. The Labute approximate surface area is 145 Å². The van der Waals surface area contributed by atoms with E-state index in [2.05, 4.69) is 78.3 Å². The van der Waals surface area contributed by atoms with Crippen molar-refractivity contribution in [1.29, 1.82) is 0 Å². The predicted molar refractivity (Wildman–Crippen MR) is 94.8 cm³/mol. The predicted octanol–water partition coefficient (Wildman–Crippen LogP) is 4.83. The average molecular weight is 518 g/mol. The van der Waals surface area contributed by atoms with Gasteiger partial charge in [-0.15, -0.1) is 11.3 Å². The van der Waals surface area contributed by atoms with Crippen molar-refractivity contribution < 1.29 is 0 Å². The van der Waals surface area contributed by atoms with E-state index < -0.39 is 0 Å². The van der Waals surface area contributed by atoms with E-state index in [1.54, 1.807) is 11.3 Å². The molecule has 0 aliphatic carbocycles. The van der Waals surface area contributed by atoms with E-state index in [0.717, 1.165) is 25.3 Å². The van der Waals surface area contributed by atoms with Crippen LogP contribution in [0.2, 0.25) is 0 Å².